The van der Waals surface area contributed by atoms with Gasteiger partial charge in [-0.3, -0.25) is 9.69 Å². The molecule has 1 aliphatic heterocycles. The molecule has 27 heavy (non-hydrogen) atoms. The molecule has 1 aliphatic rings. The molecule has 2 heterocycles. The van der Waals surface area contributed by atoms with E-state index in [-0.39, 0.29) is 18.9 Å². The molecule has 2 aromatic rings. The van der Waals surface area contributed by atoms with Crippen LogP contribution in [0.1, 0.15) is 34.1 Å². The summed E-state index contributed by atoms with van der Waals surface area (Å²) >= 11 is 1.47. The number of likely N-dealkylation sites (N-methyl/N-ethyl adjacent to an activating group) is 1. The second-order valence-electron chi connectivity index (χ2n) is 6.28. The Morgan fingerprint density at radius 1 is 1.26 bits per heavy atom. The highest BCUT2D eigenvalue weighted by Crippen LogP contribution is 2.37. The van der Waals surface area contributed by atoms with Crippen molar-refractivity contribution in [1.82, 2.24) is 4.90 Å². The number of carbonyl (C=O) groups is 2. The van der Waals surface area contributed by atoms with Gasteiger partial charge in [-0.2, -0.15) is 0 Å². The molecule has 7 heteroatoms. The molecule has 0 spiro atoms. The third-order valence-electron chi connectivity index (χ3n) is 4.57. The largest absolute Gasteiger partial charge is 0.493 e. The van der Waals surface area contributed by atoms with Crippen LogP contribution < -0.4 is 10.1 Å². The number of para-hydroxylation sites is 1. The van der Waals surface area contributed by atoms with Gasteiger partial charge in [0, 0.05) is 18.0 Å². The van der Waals surface area contributed by atoms with Gasteiger partial charge in [0.05, 0.1) is 25.7 Å². The van der Waals surface area contributed by atoms with Gasteiger partial charge in [-0.15, -0.1) is 11.3 Å². The van der Waals surface area contributed by atoms with Crippen molar-refractivity contribution >= 4 is 28.2 Å². The van der Waals surface area contributed by atoms with Crippen LogP contribution in [-0.2, 0) is 22.5 Å². The quantitative estimate of drug-likeness (QED) is 0.737. The molecule has 0 radical (unpaired) electrons. The zero-order valence-corrected chi connectivity index (χ0v) is 16.4. The third-order valence-corrected chi connectivity index (χ3v) is 5.70. The number of benzene rings is 1. The highest BCUT2D eigenvalue weighted by Gasteiger charge is 2.28. The summed E-state index contributed by atoms with van der Waals surface area (Å²) in [4.78, 5) is 28.1. The van der Waals surface area contributed by atoms with Gasteiger partial charge >= 0.3 is 5.97 Å². The van der Waals surface area contributed by atoms with Crippen LogP contribution in [0.2, 0.25) is 0 Å². The summed E-state index contributed by atoms with van der Waals surface area (Å²) < 4.78 is 10.5. The van der Waals surface area contributed by atoms with Gasteiger partial charge in [0.1, 0.15) is 10.8 Å². The first-order chi connectivity index (χ1) is 13.1. The minimum absolute atomic E-state index is 0.179. The van der Waals surface area contributed by atoms with Crippen LogP contribution >= 0.6 is 11.3 Å². The molecule has 1 amide bonds. The molecule has 0 fully saturated rings. The zero-order chi connectivity index (χ0) is 19.2. The number of methoxy groups -OCH3 is 1. The second-order valence-corrected chi connectivity index (χ2v) is 7.38. The van der Waals surface area contributed by atoms with E-state index in [9.17, 15) is 9.59 Å². The van der Waals surface area contributed by atoms with Crippen LogP contribution in [0, 0.1) is 0 Å². The summed E-state index contributed by atoms with van der Waals surface area (Å²) in [5.41, 5.74) is 1.51. The lowest BCUT2D eigenvalue weighted by molar-refractivity contribution is -0.116. The highest BCUT2D eigenvalue weighted by molar-refractivity contribution is 7.17. The molecule has 6 nitrogen and oxygen atoms in total. The van der Waals surface area contributed by atoms with E-state index in [0.29, 0.717) is 10.6 Å². The maximum Gasteiger partial charge on any atom is 0.341 e. The average Bonchev–Trinajstić information content (AvgIpc) is 3.04. The Labute approximate surface area is 163 Å². The van der Waals surface area contributed by atoms with E-state index in [1.807, 2.05) is 30.3 Å². The predicted molar refractivity (Wildman–Crippen MR) is 105 cm³/mol. The van der Waals surface area contributed by atoms with Gasteiger partial charge in [0.25, 0.3) is 0 Å². The van der Waals surface area contributed by atoms with Gasteiger partial charge < -0.3 is 14.8 Å². The number of fused-ring (bicyclic) bond motifs is 1. The molecule has 0 saturated carbocycles. The van der Waals surface area contributed by atoms with E-state index in [1.54, 1.807) is 0 Å². The van der Waals surface area contributed by atoms with Gasteiger partial charge in [-0.25, -0.2) is 4.79 Å². The lowest BCUT2D eigenvalue weighted by Crippen LogP contribution is -2.30. The van der Waals surface area contributed by atoms with Crippen LogP contribution in [-0.4, -0.2) is 43.6 Å². The maximum atomic E-state index is 12.4. The summed E-state index contributed by atoms with van der Waals surface area (Å²) in [6.07, 6.45) is 0.996. The predicted octanol–water partition coefficient (Wildman–Crippen LogP) is 3.32. The number of rotatable bonds is 7. The summed E-state index contributed by atoms with van der Waals surface area (Å²) in [7, 11) is 1.37. The van der Waals surface area contributed by atoms with Crippen molar-refractivity contribution in [3.8, 4) is 5.75 Å². The van der Waals surface area contributed by atoms with Gasteiger partial charge in [-0.05, 0) is 30.7 Å². The number of hydrogen-bond donors (Lipinski definition) is 1. The Morgan fingerprint density at radius 3 is 2.74 bits per heavy atom. The minimum atomic E-state index is -0.395. The highest BCUT2D eigenvalue weighted by atomic mass is 32.1. The molecular formula is C20H24N2O4S. The Kier molecular flexibility index (Phi) is 6.47. The van der Waals surface area contributed by atoms with Crippen molar-refractivity contribution in [3.63, 3.8) is 0 Å². The summed E-state index contributed by atoms with van der Waals surface area (Å²) in [5, 5.41) is 3.46. The first kappa shape index (κ1) is 19.4. The molecular weight excluding hydrogens is 364 g/mol. The van der Waals surface area contributed by atoms with Gasteiger partial charge in [-0.1, -0.05) is 25.1 Å². The fourth-order valence-corrected chi connectivity index (χ4v) is 4.39. The van der Waals surface area contributed by atoms with Crippen LogP contribution in [0.3, 0.4) is 0 Å². The van der Waals surface area contributed by atoms with Gasteiger partial charge in [0.2, 0.25) is 5.91 Å². The topological polar surface area (TPSA) is 67.9 Å². The molecule has 144 valence electrons. The molecule has 0 atom stereocenters. The lowest BCUT2D eigenvalue weighted by Gasteiger charge is -2.25. The van der Waals surface area contributed by atoms with Crippen molar-refractivity contribution in [2.75, 3.05) is 32.1 Å². The van der Waals surface area contributed by atoms with E-state index in [1.165, 1.54) is 18.4 Å². The van der Waals surface area contributed by atoms with E-state index < -0.39 is 5.97 Å². The average molecular weight is 388 g/mol. The molecule has 1 aromatic heterocycles. The Hall–Kier alpha value is -2.38. The van der Waals surface area contributed by atoms with Crippen molar-refractivity contribution in [2.45, 2.75) is 26.3 Å². The number of amides is 1. The maximum absolute atomic E-state index is 12.4. The number of nitrogens with zero attached hydrogens (tertiary/aromatic N) is 1. The third kappa shape index (κ3) is 4.67. The molecule has 0 saturated heterocycles. The number of esters is 1. The first-order valence-electron chi connectivity index (χ1n) is 9.05. The standard InChI is InChI=1S/C20H24N2O4S/c1-3-22-11-9-15-16(13-22)27-19(18(15)20(24)25-2)21-17(23)10-12-26-14-7-5-4-6-8-14/h4-8H,3,9-13H2,1-2H3,(H,21,23). The van der Waals surface area contributed by atoms with Gasteiger partial charge in [0.15, 0.2) is 0 Å². The smallest absolute Gasteiger partial charge is 0.341 e. The van der Waals surface area contributed by atoms with E-state index in [2.05, 4.69) is 17.1 Å². The molecule has 1 N–H and O–H groups in total. The van der Waals surface area contributed by atoms with Crippen molar-refractivity contribution in [1.29, 1.82) is 0 Å². The zero-order valence-electron chi connectivity index (χ0n) is 15.6. The van der Waals surface area contributed by atoms with Crippen molar-refractivity contribution in [3.05, 3.63) is 46.3 Å². The number of carbonyl (C=O) groups excluding carboxylic acids is 2. The Bertz CT molecular complexity index is 804. The van der Waals surface area contributed by atoms with Crippen LogP contribution in [0.25, 0.3) is 0 Å². The summed E-state index contributed by atoms with van der Waals surface area (Å²) in [6.45, 7) is 5.06. The Morgan fingerprint density at radius 2 is 2.04 bits per heavy atom. The molecule has 0 unspecified atom stereocenters. The fourth-order valence-electron chi connectivity index (χ4n) is 3.10. The second kappa shape index (κ2) is 9.01. The van der Waals surface area contributed by atoms with E-state index in [0.717, 1.165) is 42.2 Å². The number of hydrogen-bond acceptors (Lipinski definition) is 6. The normalized spacial score (nSPS) is 13.7. The summed E-state index contributed by atoms with van der Waals surface area (Å²) in [6, 6.07) is 9.37. The number of anilines is 1. The monoisotopic (exact) mass is 388 g/mol. The SMILES string of the molecule is CCN1CCc2c(sc(NC(=O)CCOc3ccccc3)c2C(=O)OC)C1. The first-order valence-corrected chi connectivity index (χ1v) is 9.87. The number of nitrogens with one attached hydrogen (secondary N) is 1. The minimum Gasteiger partial charge on any atom is -0.493 e. The van der Waals surface area contributed by atoms with Crippen LogP contribution in [0.15, 0.2) is 30.3 Å². The fraction of sp³-hybridized carbons (Fsp3) is 0.400. The van der Waals surface area contributed by atoms with Crippen molar-refractivity contribution < 1.29 is 19.1 Å². The number of ether oxygens (including phenoxy) is 2. The van der Waals surface area contributed by atoms with E-state index in [4.69, 9.17) is 9.47 Å². The molecule has 0 aliphatic carbocycles. The van der Waals surface area contributed by atoms with E-state index >= 15 is 0 Å². The van der Waals surface area contributed by atoms with Crippen LogP contribution in [0.4, 0.5) is 5.00 Å². The summed E-state index contributed by atoms with van der Waals surface area (Å²) in [5.74, 6) is 0.155. The van der Waals surface area contributed by atoms with Crippen molar-refractivity contribution in [2.24, 2.45) is 0 Å². The Balaban J connectivity index is 1.67. The lowest BCUT2D eigenvalue weighted by atomic mass is 10.0. The molecule has 1 aromatic carbocycles. The molecule has 3 rings (SSSR count). The number of thiophene rings is 1. The molecule has 0 bridgehead atoms. The van der Waals surface area contributed by atoms with Crippen LogP contribution in [0.5, 0.6) is 5.75 Å².